The second kappa shape index (κ2) is 8.27. The number of fused-ring (bicyclic) bond motifs is 1. The number of para-hydroxylation sites is 4. The maximum absolute atomic E-state index is 6.90. The number of anilines is 2. The molecule has 1 atom stereocenters. The Balaban J connectivity index is 1.81. The van der Waals surface area contributed by atoms with Gasteiger partial charge in [0.1, 0.15) is 18.1 Å². The molecule has 32 heavy (non-hydrogen) atoms. The Kier molecular flexibility index (Phi) is 5.16. The fourth-order valence-electron chi connectivity index (χ4n) is 4.26. The van der Waals surface area contributed by atoms with Crippen LogP contribution in [0.25, 0.3) is 0 Å². The van der Waals surface area contributed by atoms with Crippen LogP contribution in [0.2, 0.25) is 0 Å². The van der Waals surface area contributed by atoms with Crippen molar-refractivity contribution in [2.24, 2.45) is 0 Å². The zero-order valence-electron chi connectivity index (χ0n) is 18.1. The van der Waals surface area contributed by atoms with Gasteiger partial charge in [-0.25, -0.2) is 0 Å². The first kappa shape index (κ1) is 20.0. The SMILES string of the molecule is C=C(C)COc1ccccc1C1(c2ccccc2)Oc2ccccc2N1c1ccccc1. The lowest BCUT2D eigenvalue weighted by Gasteiger charge is -2.40. The summed E-state index contributed by atoms with van der Waals surface area (Å²) < 4.78 is 13.1. The van der Waals surface area contributed by atoms with Crippen molar-refractivity contribution in [2.45, 2.75) is 12.6 Å². The molecular formula is C29H25NO2. The smallest absolute Gasteiger partial charge is 0.243 e. The molecule has 0 bridgehead atoms. The zero-order chi connectivity index (χ0) is 22.0. The van der Waals surface area contributed by atoms with E-state index in [0.29, 0.717) is 6.61 Å². The lowest BCUT2D eigenvalue weighted by molar-refractivity contribution is 0.138. The summed E-state index contributed by atoms with van der Waals surface area (Å²) in [5.41, 5.74) is 4.04. The number of nitrogens with zero attached hydrogens (tertiary/aromatic N) is 1. The zero-order valence-corrected chi connectivity index (χ0v) is 18.1. The van der Waals surface area contributed by atoms with Crippen LogP contribution in [0.5, 0.6) is 11.5 Å². The summed E-state index contributed by atoms with van der Waals surface area (Å²) in [6, 6.07) is 37.0. The van der Waals surface area contributed by atoms with E-state index >= 15 is 0 Å². The Hall–Kier alpha value is -3.98. The Morgan fingerprint density at radius 1 is 0.812 bits per heavy atom. The average Bonchev–Trinajstić information content (AvgIpc) is 3.20. The summed E-state index contributed by atoms with van der Waals surface area (Å²) in [5.74, 6) is 1.60. The van der Waals surface area contributed by atoms with Crippen molar-refractivity contribution in [3.8, 4) is 11.5 Å². The van der Waals surface area contributed by atoms with Crippen LogP contribution in [0.3, 0.4) is 0 Å². The Morgan fingerprint density at radius 3 is 2.19 bits per heavy atom. The molecular weight excluding hydrogens is 394 g/mol. The molecule has 0 saturated heterocycles. The van der Waals surface area contributed by atoms with Crippen LogP contribution >= 0.6 is 0 Å². The summed E-state index contributed by atoms with van der Waals surface area (Å²) in [7, 11) is 0. The highest BCUT2D eigenvalue weighted by molar-refractivity contribution is 5.77. The van der Waals surface area contributed by atoms with E-state index in [0.717, 1.165) is 39.6 Å². The molecule has 0 spiro atoms. The van der Waals surface area contributed by atoms with Crippen LogP contribution in [-0.4, -0.2) is 6.61 Å². The van der Waals surface area contributed by atoms with E-state index in [2.05, 4.69) is 60.0 Å². The van der Waals surface area contributed by atoms with Crippen LogP contribution in [0.4, 0.5) is 11.4 Å². The highest BCUT2D eigenvalue weighted by atomic mass is 16.5. The molecule has 4 aromatic carbocycles. The Bertz CT molecular complexity index is 1240. The molecule has 1 aliphatic rings. The van der Waals surface area contributed by atoms with Crippen LogP contribution < -0.4 is 14.4 Å². The molecule has 5 rings (SSSR count). The second-order valence-corrected chi connectivity index (χ2v) is 7.99. The molecule has 0 aliphatic carbocycles. The Labute approximate surface area is 189 Å². The number of ether oxygens (including phenoxy) is 2. The normalized spacial score (nSPS) is 16.8. The summed E-state index contributed by atoms with van der Waals surface area (Å²) in [5, 5.41) is 0. The van der Waals surface area contributed by atoms with Gasteiger partial charge in [0.15, 0.2) is 0 Å². The minimum atomic E-state index is -0.933. The van der Waals surface area contributed by atoms with E-state index in [-0.39, 0.29) is 0 Å². The maximum atomic E-state index is 6.90. The van der Waals surface area contributed by atoms with Crippen molar-refractivity contribution in [3.05, 3.63) is 132 Å². The summed E-state index contributed by atoms with van der Waals surface area (Å²) >= 11 is 0. The fraction of sp³-hybridized carbons (Fsp3) is 0.103. The van der Waals surface area contributed by atoms with E-state index < -0.39 is 5.72 Å². The summed E-state index contributed by atoms with van der Waals surface area (Å²) in [6.45, 7) is 6.41. The quantitative estimate of drug-likeness (QED) is 0.312. The van der Waals surface area contributed by atoms with Gasteiger partial charge in [0.25, 0.3) is 0 Å². The summed E-state index contributed by atoms with van der Waals surface area (Å²) in [6.07, 6.45) is 0. The van der Waals surface area contributed by atoms with E-state index in [4.69, 9.17) is 9.47 Å². The lowest BCUT2D eigenvalue weighted by Crippen LogP contribution is -2.45. The molecule has 3 nitrogen and oxygen atoms in total. The van der Waals surface area contributed by atoms with Crippen molar-refractivity contribution in [1.29, 1.82) is 0 Å². The minimum absolute atomic E-state index is 0.445. The fourth-order valence-corrected chi connectivity index (χ4v) is 4.26. The molecule has 3 heteroatoms. The van der Waals surface area contributed by atoms with Crippen LogP contribution in [0.1, 0.15) is 18.1 Å². The number of hydrogen-bond acceptors (Lipinski definition) is 3. The molecule has 4 aromatic rings. The largest absolute Gasteiger partial charge is 0.489 e. The lowest BCUT2D eigenvalue weighted by atomic mass is 9.91. The highest BCUT2D eigenvalue weighted by Crippen LogP contribution is 2.55. The van der Waals surface area contributed by atoms with Crippen molar-refractivity contribution in [3.63, 3.8) is 0 Å². The topological polar surface area (TPSA) is 21.7 Å². The van der Waals surface area contributed by atoms with Gasteiger partial charge in [0, 0.05) is 11.3 Å². The third-order valence-corrected chi connectivity index (χ3v) is 5.58. The van der Waals surface area contributed by atoms with Gasteiger partial charge in [-0.05, 0) is 48.9 Å². The molecule has 0 aromatic heterocycles. The van der Waals surface area contributed by atoms with Gasteiger partial charge in [-0.3, -0.25) is 4.90 Å². The average molecular weight is 420 g/mol. The number of hydrogen-bond donors (Lipinski definition) is 0. The van der Waals surface area contributed by atoms with Crippen molar-refractivity contribution in [2.75, 3.05) is 11.5 Å². The highest BCUT2D eigenvalue weighted by Gasteiger charge is 2.51. The third kappa shape index (κ3) is 3.32. The molecule has 0 fully saturated rings. The molecule has 0 saturated carbocycles. The van der Waals surface area contributed by atoms with Gasteiger partial charge in [-0.15, -0.1) is 0 Å². The van der Waals surface area contributed by atoms with Crippen molar-refractivity contribution >= 4 is 11.4 Å². The van der Waals surface area contributed by atoms with Gasteiger partial charge >= 0.3 is 0 Å². The predicted octanol–water partition coefficient (Wildman–Crippen LogP) is 7.07. The van der Waals surface area contributed by atoms with Crippen LogP contribution in [0, 0.1) is 0 Å². The Morgan fingerprint density at radius 2 is 1.44 bits per heavy atom. The van der Waals surface area contributed by atoms with E-state index in [1.165, 1.54) is 0 Å². The standard InChI is InChI=1S/C29H25NO2/c1-22(2)21-31-27-19-11-9-17-25(27)29(23-13-5-3-6-14-23)30(24-15-7-4-8-16-24)26-18-10-12-20-28(26)32-29/h3-20H,1,21H2,2H3. The van der Waals surface area contributed by atoms with Gasteiger partial charge in [-0.1, -0.05) is 79.4 Å². The van der Waals surface area contributed by atoms with Crippen molar-refractivity contribution < 1.29 is 9.47 Å². The number of rotatable bonds is 6. The van der Waals surface area contributed by atoms with E-state index in [9.17, 15) is 0 Å². The third-order valence-electron chi connectivity index (χ3n) is 5.58. The second-order valence-electron chi connectivity index (χ2n) is 7.99. The predicted molar refractivity (Wildman–Crippen MR) is 130 cm³/mol. The molecule has 0 amide bonds. The molecule has 1 unspecified atom stereocenters. The van der Waals surface area contributed by atoms with Gasteiger partial charge < -0.3 is 9.47 Å². The summed E-state index contributed by atoms with van der Waals surface area (Å²) in [4.78, 5) is 2.26. The van der Waals surface area contributed by atoms with Gasteiger partial charge in [-0.2, -0.15) is 0 Å². The number of benzene rings is 4. The first-order valence-corrected chi connectivity index (χ1v) is 10.8. The van der Waals surface area contributed by atoms with E-state index in [1.54, 1.807) is 0 Å². The first-order chi connectivity index (χ1) is 15.7. The molecule has 0 N–H and O–H groups in total. The molecule has 1 aliphatic heterocycles. The molecule has 1 heterocycles. The van der Waals surface area contributed by atoms with Gasteiger partial charge in [0.2, 0.25) is 5.72 Å². The van der Waals surface area contributed by atoms with E-state index in [1.807, 2.05) is 67.6 Å². The first-order valence-electron chi connectivity index (χ1n) is 10.8. The molecule has 158 valence electrons. The van der Waals surface area contributed by atoms with Crippen LogP contribution in [0.15, 0.2) is 121 Å². The monoisotopic (exact) mass is 419 g/mol. The van der Waals surface area contributed by atoms with Crippen LogP contribution in [-0.2, 0) is 5.72 Å². The van der Waals surface area contributed by atoms with Gasteiger partial charge in [0.05, 0.1) is 11.3 Å². The van der Waals surface area contributed by atoms with Crippen molar-refractivity contribution in [1.82, 2.24) is 0 Å². The minimum Gasteiger partial charge on any atom is -0.489 e. The molecule has 0 radical (unpaired) electrons. The maximum Gasteiger partial charge on any atom is 0.243 e.